The van der Waals surface area contributed by atoms with E-state index in [2.05, 4.69) is 51.4 Å². The summed E-state index contributed by atoms with van der Waals surface area (Å²) in [5.41, 5.74) is 6.83. The zero-order chi connectivity index (χ0) is 25.6. The molecule has 1 N–H and O–H groups in total. The maximum Gasteiger partial charge on any atom is 0.0967 e. The molecule has 0 atom stereocenters. The van der Waals surface area contributed by atoms with Crippen LogP contribution in [-0.2, 0) is 26.2 Å². The molecular formula is C30H27Cl2N5. The summed E-state index contributed by atoms with van der Waals surface area (Å²) in [5.74, 6) is 0. The van der Waals surface area contributed by atoms with E-state index in [9.17, 15) is 0 Å². The number of hydrogen-bond donors (Lipinski definition) is 1. The number of rotatable bonds is 9. The first-order valence-electron chi connectivity index (χ1n) is 12.1. The van der Waals surface area contributed by atoms with Gasteiger partial charge in [-0.05, 0) is 55.0 Å². The summed E-state index contributed by atoms with van der Waals surface area (Å²) < 4.78 is 0. The second-order valence-corrected chi connectivity index (χ2v) is 9.85. The topological polar surface area (TPSA) is 53.9 Å². The van der Waals surface area contributed by atoms with Crippen molar-refractivity contribution in [3.8, 4) is 0 Å². The Labute approximate surface area is 227 Å². The van der Waals surface area contributed by atoms with Gasteiger partial charge in [-0.25, -0.2) is 4.98 Å². The number of pyridine rings is 3. The van der Waals surface area contributed by atoms with Gasteiger partial charge in [-0.2, -0.15) is 0 Å². The molecule has 0 radical (unpaired) electrons. The summed E-state index contributed by atoms with van der Waals surface area (Å²) in [4.78, 5) is 16.4. The lowest BCUT2D eigenvalue weighted by molar-refractivity contribution is 0.239. The molecule has 0 aliphatic carbocycles. The van der Waals surface area contributed by atoms with E-state index in [0.29, 0.717) is 36.2 Å². The van der Waals surface area contributed by atoms with E-state index in [4.69, 9.17) is 28.2 Å². The van der Waals surface area contributed by atoms with Crippen molar-refractivity contribution in [2.75, 3.05) is 5.32 Å². The predicted molar refractivity (Wildman–Crippen MR) is 152 cm³/mol. The highest BCUT2D eigenvalue weighted by atomic mass is 35.5. The molecule has 0 fully saturated rings. The number of fused-ring (bicyclic) bond motifs is 1. The van der Waals surface area contributed by atoms with E-state index < -0.39 is 0 Å². The van der Waals surface area contributed by atoms with Gasteiger partial charge in [-0.15, -0.1) is 0 Å². The largest absolute Gasteiger partial charge is 0.378 e. The summed E-state index contributed by atoms with van der Waals surface area (Å²) in [7, 11) is 0. The van der Waals surface area contributed by atoms with E-state index in [-0.39, 0.29) is 0 Å². The van der Waals surface area contributed by atoms with Gasteiger partial charge in [0.2, 0.25) is 0 Å². The molecule has 5 rings (SSSR count). The van der Waals surface area contributed by atoms with Crippen molar-refractivity contribution in [3.05, 3.63) is 130 Å². The van der Waals surface area contributed by atoms with Crippen LogP contribution in [0, 0.1) is 6.92 Å². The lowest BCUT2D eigenvalue weighted by Crippen LogP contribution is -2.24. The minimum absolute atomic E-state index is 0.549. The van der Waals surface area contributed by atoms with Crippen molar-refractivity contribution in [2.45, 2.75) is 33.1 Å². The SMILES string of the molecule is Cc1ccc(CNc2c(Cl)cc(Cl)c3ccc(CN(Cc4ccccn4)Cc4ccccn4)nc23)cc1. The molecule has 0 unspecified atom stereocenters. The molecule has 7 heteroatoms. The van der Waals surface area contributed by atoms with Crippen LogP contribution in [0.15, 0.2) is 91.3 Å². The first kappa shape index (κ1) is 25.2. The van der Waals surface area contributed by atoms with Gasteiger partial charge in [0.1, 0.15) is 0 Å². The Morgan fingerprint density at radius 2 is 1.38 bits per heavy atom. The van der Waals surface area contributed by atoms with Crippen molar-refractivity contribution in [2.24, 2.45) is 0 Å². The lowest BCUT2D eigenvalue weighted by atomic mass is 10.1. The maximum absolute atomic E-state index is 6.66. The van der Waals surface area contributed by atoms with Crippen LogP contribution in [0.5, 0.6) is 0 Å². The maximum atomic E-state index is 6.66. The number of benzene rings is 2. The fraction of sp³-hybridized carbons (Fsp3) is 0.167. The highest BCUT2D eigenvalue weighted by Crippen LogP contribution is 2.36. The zero-order valence-corrected chi connectivity index (χ0v) is 22.0. The normalized spacial score (nSPS) is 11.2. The molecule has 3 heterocycles. The molecule has 5 aromatic rings. The van der Waals surface area contributed by atoms with Crippen molar-refractivity contribution in [3.63, 3.8) is 0 Å². The van der Waals surface area contributed by atoms with Gasteiger partial charge < -0.3 is 5.32 Å². The van der Waals surface area contributed by atoms with Crippen molar-refractivity contribution < 1.29 is 0 Å². The fourth-order valence-electron chi connectivity index (χ4n) is 4.25. The molecule has 186 valence electrons. The minimum atomic E-state index is 0.549. The van der Waals surface area contributed by atoms with E-state index in [1.807, 2.05) is 60.9 Å². The van der Waals surface area contributed by atoms with Crippen LogP contribution in [0.2, 0.25) is 10.0 Å². The third kappa shape index (κ3) is 6.44. The second kappa shape index (κ2) is 11.7. The molecule has 0 saturated heterocycles. The van der Waals surface area contributed by atoms with E-state index in [1.165, 1.54) is 5.56 Å². The highest BCUT2D eigenvalue weighted by molar-refractivity contribution is 6.40. The third-order valence-electron chi connectivity index (χ3n) is 6.14. The minimum Gasteiger partial charge on any atom is -0.378 e. The molecule has 0 aliphatic heterocycles. The van der Waals surface area contributed by atoms with Crippen LogP contribution < -0.4 is 5.32 Å². The number of halogens is 2. The smallest absolute Gasteiger partial charge is 0.0967 e. The standard InChI is InChI=1S/C30H27Cl2N5/c1-21-8-10-22(11-9-21)17-35-30-28(32)16-27(31)26-13-12-25(36-29(26)30)20-37(18-23-6-2-4-14-33-23)19-24-7-3-5-15-34-24/h2-16,35H,17-20H2,1H3. The molecule has 0 saturated carbocycles. The Morgan fingerprint density at radius 1 is 0.730 bits per heavy atom. The van der Waals surface area contributed by atoms with Gasteiger partial charge in [-0.1, -0.05) is 65.2 Å². The first-order chi connectivity index (χ1) is 18.0. The average molecular weight is 528 g/mol. The van der Waals surface area contributed by atoms with Gasteiger partial charge in [0.05, 0.1) is 38.3 Å². The summed E-state index contributed by atoms with van der Waals surface area (Å²) >= 11 is 13.2. The van der Waals surface area contributed by atoms with Crippen LogP contribution in [-0.4, -0.2) is 19.9 Å². The zero-order valence-electron chi connectivity index (χ0n) is 20.5. The summed E-state index contributed by atoms with van der Waals surface area (Å²) in [6.45, 7) is 4.67. The van der Waals surface area contributed by atoms with Gasteiger partial charge in [0.15, 0.2) is 0 Å². The Balaban J connectivity index is 1.44. The van der Waals surface area contributed by atoms with Crippen molar-refractivity contribution in [1.29, 1.82) is 0 Å². The number of nitrogens with zero attached hydrogens (tertiary/aromatic N) is 4. The molecule has 0 spiro atoms. The van der Waals surface area contributed by atoms with Crippen molar-refractivity contribution >= 4 is 39.8 Å². The summed E-state index contributed by atoms with van der Waals surface area (Å²) in [5, 5.41) is 5.49. The molecule has 5 nitrogen and oxygen atoms in total. The highest BCUT2D eigenvalue weighted by Gasteiger charge is 2.15. The van der Waals surface area contributed by atoms with E-state index in [1.54, 1.807) is 6.07 Å². The van der Waals surface area contributed by atoms with Gasteiger partial charge in [0, 0.05) is 44.0 Å². The molecule has 0 aliphatic rings. The van der Waals surface area contributed by atoms with E-state index in [0.717, 1.165) is 39.2 Å². The number of aryl methyl sites for hydroxylation is 1. The number of aromatic nitrogens is 3. The Morgan fingerprint density at radius 3 is 2.00 bits per heavy atom. The van der Waals surface area contributed by atoms with E-state index >= 15 is 0 Å². The predicted octanol–water partition coefficient (Wildman–Crippen LogP) is 7.45. The van der Waals surface area contributed by atoms with Crippen LogP contribution in [0.3, 0.4) is 0 Å². The van der Waals surface area contributed by atoms with Gasteiger partial charge in [-0.3, -0.25) is 14.9 Å². The van der Waals surface area contributed by atoms with Gasteiger partial charge >= 0.3 is 0 Å². The van der Waals surface area contributed by atoms with Gasteiger partial charge in [0.25, 0.3) is 0 Å². The fourth-order valence-corrected chi connectivity index (χ4v) is 4.83. The molecule has 0 amide bonds. The average Bonchev–Trinajstić information content (AvgIpc) is 2.90. The molecule has 37 heavy (non-hydrogen) atoms. The number of hydrogen-bond acceptors (Lipinski definition) is 5. The van der Waals surface area contributed by atoms with Crippen LogP contribution >= 0.6 is 23.2 Å². The summed E-state index contributed by atoms with van der Waals surface area (Å²) in [6, 6.07) is 26.2. The summed E-state index contributed by atoms with van der Waals surface area (Å²) in [6.07, 6.45) is 3.64. The Hall–Kier alpha value is -3.51. The second-order valence-electron chi connectivity index (χ2n) is 9.04. The number of nitrogens with one attached hydrogen (secondary N) is 1. The lowest BCUT2D eigenvalue weighted by Gasteiger charge is -2.22. The molecule has 3 aromatic heterocycles. The van der Waals surface area contributed by atoms with Crippen LogP contribution in [0.25, 0.3) is 10.9 Å². The quantitative estimate of drug-likeness (QED) is 0.215. The monoisotopic (exact) mass is 527 g/mol. The van der Waals surface area contributed by atoms with Crippen LogP contribution in [0.1, 0.15) is 28.2 Å². The molecule has 0 bridgehead atoms. The first-order valence-corrected chi connectivity index (χ1v) is 12.9. The molecular weight excluding hydrogens is 501 g/mol. The third-order valence-corrected chi connectivity index (χ3v) is 6.75. The Bertz CT molecular complexity index is 1430. The Kier molecular flexibility index (Phi) is 7.95. The molecule has 2 aromatic carbocycles. The van der Waals surface area contributed by atoms with Crippen LogP contribution in [0.4, 0.5) is 5.69 Å². The number of anilines is 1. The van der Waals surface area contributed by atoms with Crippen molar-refractivity contribution in [1.82, 2.24) is 19.9 Å².